The smallest absolute Gasteiger partial charge is 0.223 e. The molecule has 1 atom stereocenters. The maximum Gasteiger partial charge on any atom is 0.223 e. The highest BCUT2D eigenvalue weighted by atomic mass is 16.3. The Hall–Kier alpha value is -2.17. The summed E-state index contributed by atoms with van der Waals surface area (Å²) >= 11 is 0. The summed E-state index contributed by atoms with van der Waals surface area (Å²) < 4.78 is 0. The van der Waals surface area contributed by atoms with Gasteiger partial charge in [-0.05, 0) is 73.9 Å². The highest BCUT2D eigenvalue weighted by Crippen LogP contribution is 2.31. The fourth-order valence-electron chi connectivity index (χ4n) is 4.82. The first-order chi connectivity index (χ1) is 14.1. The number of carbonyl (C=O) groups excluding carboxylic acids is 1. The topological polar surface area (TPSA) is 43.8 Å². The van der Waals surface area contributed by atoms with Crippen molar-refractivity contribution in [3.05, 3.63) is 65.2 Å². The normalized spacial score (nSPS) is 19.0. The zero-order valence-corrected chi connectivity index (χ0v) is 17.4. The number of carbonyl (C=O) groups is 1. The summed E-state index contributed by atoms with van der Waals surface area (Å²) in [6, 6.07) is 16.9. The van der Waals surface area contributed by atoms with E-state index < -0.39 is 6.10 Å². The van der Waals surface area contributed by atoms with Crippen molar-refractivity contribution < 1.29 is 9.90 Å². The molecule has 4 heteroatoms. The number of aliphatic hydroxyl groups excluding tert-OH is 1. The van der Waals surface area contributed by atoms with Gasteiger partial charge in [-0.1, -0.05) is 42.5 Å². The Kier molecular flexibility index (Phi) is 6.31. The van der Waals surface area contributed by atoms with E-state index in [1.807, 2.05) is 17.0 Å². The summed E-state index contributed by atoms with van der Waals surface area (Å²) in [5.74, 6) is 0.838. The lowest BCUT2D eigenvalue weighted by atomic mass is 9.90. The van der Waals surface area contributed by atoms with E-state index in [1.54, 1.807) is 6.92 Å². The van der Waals surface area contributed by atoms with Crippen LogP contribution in [0.3, 0.4) is 0 Å². The van der Waals surface area contributed by atoms with Crippen LogP contribution in [0.1, 0.15) is 49.0 Å². The molecule has 1 amide bonds. The average molecular weight is 393 g/mol. The van der Waals surface area contributed by atoms with E-state index in [-0.39, 0.29) is 5.91 Å². The van der Waals surface area contributed by atoms with Crippen molar-refractivity contribution in [2.75, 3.05) is 31.1 Å². The molecule has 4 nitrogen and oxygen atoms in total. The van der Waals surface area contributed by atoms with Crippen molar-refractivity contribution in [2.45, 2.75) is 45.1 Å². The van der Waals surface area contributed by atoms with Crippen LogP contribution in [0.4, 0.5) is 5.69 Å². The highest BCUT2D eigenvalue weighted by Gasteiger charge is 2.24. The van der Waals surface area contributed by atoms with Crippen LogP contribution in [0, 0.1) is 5.92 Å². The van der Waals surface area contributed by atoms with E-state index in [9.17, 15) is 9.90 Å². The quantitative estimate of drug-likeness (QED) is 0.837. The summed E-state index contributed by atoms with van der Waals surface area (Å²) in [6.45, 7) is 5.21. The van der Waals surface area contributed by atoms with E-state index >= 15 is 0 Å². The molecule has 0 unspecified atom stereocenters. The molecule has 0 spiro atoms. The molecule has 4 rings (SSSR count). The number of aliphatic hydroxyl groups is 1. The number of likely N-dealkylation sites (tertiary alicyclic amines) is 1. The second-order valence-corrected chi connectivity index (χ2v) is 8.61. The Morgan fingerprint density at radius 1 is 1.10 bits per heavy atom. The number of aryl methyl sites for hydroxylation is 1. The van der Waals surface area contributed by atoms with Crippen molar-refractivity contribution in [3.63, 3.8) is 0 Å². The third-order valence-electron chi connectivity index (χ3n) is 6.49. The van der Waals surface area contributed by atoms with Crippen molar-refractivity contribution in [1.29, 1.82) is 0 Å². The van der Waals surface area contributed by atoms with Gasteiger partial charge in [0.2, 0.25) is 5.91 Å². The van der Waals surface area contributed by atoms with E-state index in [1.165, 1.54) is 24.0 Å². The number of rotatable bonds is 5. The van der Waals surface area contributed by atoms with Crippen molar-refractivity contribution in [2.24, 2.45) is 5.92 Å². The van der Waals surface area contributed by atoms with Gasteiger partial charge in [0.1, 0.15) is 0 Å². The van der Waals surface area contributed by atoms with Crippen LogP contribution in [0.2, 0.25) is 0 Å². The number of anilines is 1. The molecule has 29 heavy (non-hydrogen) atoms. The lowest BCUT2D eigenvalue weighted by molar-refractivity contribution is -0.116. The van der Waals surface area contributed by atoms with Crippen molar-refractivity contribution in [1.82, 2.24) is 4.90 Å². The molecule has 0 bridgehead atoms. The molecule has 0 radical (unpaired) electrons. The Labute approximate surface area is 174 Å². The second-order valence-electron chi connectivity index (χ2n) is 8.61. The first-order valence-electron chi connectivity index (χ1n) is 11.0. The molecule has 0 aliphatic carbocycles. The van der Waals surface area contributed by atoms with Gasteiger partial charge in [0.05, 0.1) is 6.10 Å². The first kappa shape index (κ1) is 20.1. The van der Waals surface area contributed by atoms with Gasteiger partial charge in [-0.25, -0.2) is 0 Å². The Morgan fingerprint density at radius 3 is 2.59 bits per heavy atom. The number of hydrogen-bond acceptors (Lipinski definition) is 3. The highest BCUT2D eigenvalue weighted by molar-refractivity contribution is 5.92. The van der Waals surface area contributed by atoms with E-state index in [4.69, 9.17) is 0 Å². The van der Waals surface area contributed by atoms with E-state index in [2.05, 4.69) is 41.3 Å². The molecule has 2 aromatic carbocycles. The number of fused-ring (bicyclic) bond motifs is 1. The third kappa shape index (κ3) is 4.88. The van der Waals surface area contributed by atoms with Crippen molar-refractivity contribution in [3.8, 4) is 0 Å². The molecule has 1 N–H and O–H groups in total. The van der Waals surface area contributed by atoms with Crippen molar-refractivity contribution >= 4 is 11.6 Å². The molecule has 1 fully saturated rings. The standard InChI is InChI=1S/C25H32N2O2/c1-19(28)27-13-5-8-22-17-23(9-10-24(22)27)25(29)18-26-14-11-21(12-15-26)16-20-6-3-2-4-7-20/h2-4,6-7,9-10,17,21,25,29H,5,8,11-16,18H2,1H3/t25-/m0/s1. The largest absolute Gasteiger partial charge is 0.387 e. The second kappa shape index (κ2) is 9.10. The number of β-amino-alcohol motifs (C(OH)–C–C–N with tert-alkyl or cyclic N) is 1. The number of amides is 1. The summed E-state index contributed by atoms with van der Waals surface area (Å²) in [6.07, 6.45) is 5.04. The fraction of sp³-hybridized carbons (Fsp3) is 0.480. The van der Waals surface area contributed by atoms with Crippen LogP contribution < -0.4 is 4.90 Å². The summed E-state index contributed by atoms with van der Waals surface area (Å²) in [5, 5.41) is 10.8. The number of nitrogens with zero attached hydrogens (tertiary/aromatic N) is 2. The number of piperidine rings is 1. The van der Waals surface area contributed by atoms with Gasteiger partial charge in [-0.15, -0.1) is 0 Å². The molecule has 2 aliphatic heterocycles. The SMILES string of the molecule is CC(=O)N1CCCc2cc([C@@H](O)CN3CCC(Cc4ccccc4)CC3)ccc21. The van der Waals surface area contributed by atoms with Gasteiger partial charge in [-0.2, -0.15) is 0 Å². The molecular weight excluding hydrogens is 360 g/mol. The number of benzene rings is 2. The minimum absolute atomic E-state index is 0.0950. The molecule has 2 heterocycles. The maximum absolute atomic E-state index is 11.9. The van der Waals surface area contributed by atoms with Gasteiger partial charge in [0.15, 0.2) is 0 Å². The van der Waals surface area contributed by atoms with Crippen LogP contribution in [0.15, 0.2) is 48.5 Å². The van der Waals surface area contributed by atoms with Crippen LogP contribution in [-0.2, 0) is 17.6 Å². The number of hydrogen-bond donors (Lipinski definition) is 1. The summed E-state index contributed by atoms with van der Waals surface area (Å²) in [4.78, 5) is 16.1. The molecular formula is C25H32N2O2. The van der Waals surface area contributed by atoms with Crippen LogP contribution >= 0.6 is 0 Å². The molecule has 0 saturated carbocycles. The summed E-state index contributed by atoms with van der Waals surface area (Å²) in [7, 11) is 0. The molecule has 2 aromatic rings. The average Bonchev–Trinajstić information content (AvgIpc) is 2.75. The third-order valence-corrected chi connectivity index (χ3v) is 6.49. The lowest BCUT2D eigenvalue weighted by Crippen LogP contribution is -2.37. The molecule has 0 aromatic heterocycles. The molecule has 2 aliphatic rings. The predicted molar refractivity (Wildman–Crippen MR) is 117 cm³/mol. The van der Waals surface area contributed by atoms with Crippen LogP contribution in [0.5, 0.6) is 0 Å². The monoisotopic (exact) mass is 392 g/mol. The van der Waals surface area contributed by atoms with Gasteiger partial charge in [-0.3, -0.25) is 4.79 Å². The first-order valence-corrected chi connectivity index (χ1v) is 11.0. The van der Waals surface area contributed by atoms with E-state index in [0.29, 0.717) is 6.54 Å². The zero-order valence-electron chi connectivity index (χ0n) is 17.4. The van der Waals surface area contributed by atoms with E-state index in [0.717, 1.165) is 56.1 Å². The Bertz CT molecular complexity index is 828. The van der Waals surface area contributed by atoms with Crippen LogP contribution in [-0.4, -0.2) is 42.1 Å². The minimum Gasteiger partial charge on any atom is -0.387 e. The van der Waals surface area contributed by atoms with Gasteiger partial charge in [0.25, 0.3) is 0 Å². The fourth-order valence-corrected chi connectivity index (χ4v) is 4.82. The zero-order chi connectivity index (χ0) is 20.2. The Morgan fingerprint density at radius 2 is 1.86 bits per heavy atom. The Balaban J connectivity index is 1.32. The van der Waals surface area contributed by atoms with Gasteiger partial charge in [0, 0.05) is 25.7 Å². The molecule has 154 valence electrons. The lowest BCUT2D eigenvalue weighted by Gasteiger charge is -2.34. The molecule has 1 saturated heterocycles. The minimum atomic E-state index is -0.473. The van der Waals surface area contributed by atoms with Crippen LogP contribution in [0.25, 0.3) is 0 Å². The maximum atomic E-state index is 11.9. The van der Waals surface area contributed by atoms with Gasteiger partial charge >= 0.3 is 0 Å². The summed E-state index contributed by atoms with van der Waals surface area (Å²) in [5.41, 5.74) is 4.60. The van der Waals surface area contributed by atoms with Gasteiger partial charge < -0.3 is 14.9 Å². The predicted octanol–water partition coefficient (Wildman–Crippen LogP) is 3.97.